The van der Waals surface area contributed by atoms with Crippen LogP contribution >= 0.6 is 0 Å². The maximum absolute atomic E-state index is 12.8. The molecule has 1 saturated carbocycles. The first kappa shape index (κ1) is 13.9. The van der Waals surface area contributed by atoms with Crippen molar-refractivity contribution in [2.45, 2.75) is 64.5 Å². The van der Waals surface area contributed by atoms with E-state index < -0.39 is 0 Å². The van der Waals surface area contributed by atoms with Crippen LogP contribution in [0.2, 0.25) is 0 Å². The van der Waals surface area contributed by atoms with E-state index >= 15 is 0 Å². The average molecular weight is 278 g/mol. The van der Waals surface area contributed by atoms with Gasteiger partial charge in [0.05, 0.1) is 0 Å². The van der Waals surface area contributed by atoms with E-state index in [2.05, 4.69) is 18.7 Å². The van der Waals surface area contributed by atoms with Gasteiger partial charge in [-0.25, -0.2) is 0 Å². The fourth-order valence-electron chi connectivity index (χ4n) is 4.15. The number of carbonyl (C=O) groups is 2. The van der Waals surface area contributed by atoms with E-state index in [1.165, 1.54) is 6.42 Å². The number of rotatable bonds is 1. The maximum Gasteiger partial charge on any atom is 0.245 e. The number of hydrogen-bond donors (Lipinski definition) is 0. The van der Waals surface area contributed by atoms with Gasteiger partial charge in [0.2, 0.25) is 11.8 Å². The van der Waals surface area contributed by atoms with Gasteiger partial charge < -0.3 is 9.80 Å². The van der Waals surface area contributed by atoms with Crippen LogP contribution in [-0.4, -0.2) is 46.8 Å². The van der Waals surface area contributed by atoms with Gasteiger partial charge in [-0.2, -0.15) is 0 Å². The number of carbonyl (C=O) groups excluding carboxylic acids is 2. The van der Waals surface area contributed by atoms with E-state index in [0.717, 1.165) is 38.1 Å². The SMILES string of the molecule is CC1CCC(N2CCC(=O)N3CCCC3C2=O)CC1C. The number of hydrogen-bond acceptors (Lipinski definition) is 2. The van der Waals surface area contributed by atoms with Crippen LogP contribution in [-0.2, 0) is 9.59 Å². The summed E-state index contributed by atoms with van der Waals surface area (Å²) in [4.78, 5) is 28.8. The molecule has 2 saturated heterocycles. The monoisotopic (exact) mass is 278 g/mol. The van der Waals surface area contributed by atoms with Crippen LogP contribution in [0.15, 0.2) is 0 Å². The Morgan fingerprint density at radius 3 is 2.50 bits per heavy atom. The third kappa shape index (κ3) is 2.33. The molecule has 0 bridgehead atoms. The topological polar surface area (TPSA) is 40.6 Å². The van der Waals surface area contributed by atoms with Crippen LogP contribution in [0.3, 0.4) is 0 Å². The summed E-state index contributed by atoms with van der Waals surface area (Å²) >= 11 is 0. The second-order valence-electron chi connectivity index (χ2n) is 6.95. The summed E-state index contributed by atoms with van der Waals surface area (Å²) in [6.07, 6.45) is 5.78. The zero-order valence-corrected chi connectivity index (χ0v) is 12.7. The van der Waals surface area contributed by atoms with Crippen molar-refractivity contribution >= 4 is 11.8 Å². The minimum atomic E-state index is -0.153. The molecule has 4 nitrogen and oxygen atoms in total. The van der Waals surface area contributed by atoms with E-state index in [9.17, 15) is 9.59 Å². The lowest BCUT2D eigenvalue weighted by Gasteiger charge is -2.39. The molecule has 0 aromatic rings. The molecule has 3 rings (SSSR count). The minimum absolute atomic E-state index is 0.153. The second-order valence-corrected chi connectivity index (χ2v) is 6.95. The summed E-state index contributed by atoms with van der Waals surface area (Å²) < 4.78 is 0. The normalized spacial score (nSPS) is 38.9. The molecular weight excluding hydrogens is 252 g/mol. The molecule has 4 heteroatoms. The molecule has 3 aliphatic rings. The first-order valence-electron chi connectivity index (χ1n) is 8.18. The third-order valence-electron chi connectivity index (χ3n) is 5.72. The average Bonchev–Trinajstić information content (AvgIpc) is 2.87. The Bertz CT molecular complexity index is 409. The predicted octanol–water partition coefficient (Wildman–Crippen LogP) is 2.03. The lowest BCUT2D eigenvalue weighted by molar-refractivity contribution is -0.141. The van der Waals surface area contributed by atoms with Crippen molar-refractivity contribution < 1.29 is 9.59 Å². The summed E-state index contributed by atoms with van der Waals surface area (Å²) in [5, 5.41) is 0. The van der Waals surface area contributed by atoms with E-state index in [0.29, 0.717) is 24.9 Å². The minimum Gasteiger partial charge on any atom is -0.337 e. The van der Waals surface area contributed by atoms with Crippen LogP contribution in [0.25, 0.3) is 0 Å². The van der Waals surface area contributed by atoms with E-state index in [1.54, 1.807) is 0 Å². The molecular formula is C16H26N2O2. The number of fused-ring (bicyclic) bond motifs is 1. The summed E-state index contributed by atoms with van der Waals surface area (Å²) in [5.74, 6) is 1.85. The Labute approximate surface area is 121 Å². The van der Waals surface area contributed by atoms with Crippen molar-refractivity contribution in [2.75, 3.05) is 13.1 Å². The Morgan fingerprint density at radius 1 is 0.950 bits per heavy atom. The summed E-state index contributed by atoms with van der Waals surface area (Å²) in [7, 11) is 0. The van der Waals surface area contributed by atoms with Gasteiger partial charge in [-0.15, -0.1) is 0 Å². The molecule has 4 atom stereocenters. The van der Waals surface area contributed by atoms with Crippen molar-refractivity contribution in [3.05, 3.63) is 0 Å². The molecule has 1 aliphatic carbocycles. The summed E-state index contributed by atoms with van der Waals surface area (Å²) in [6, 6.07) is 0.210. The standard InChI is InChI=1S/C16H26N2O2/c1-11-5-6-13(10-12(11)2)17-9-7-15(19)18-8-3-4-14(18)16(17)20/h11-14H,3-10H2,1-2H3. The molecule has 4 unspecified atom stereocenters. The molecule has 0 spiro atoms. The van der Waals surface area contributed by atoms with Gasteiger partial charge in [0.1, 0.15) is 6.04 Å². The van der Waals surface area contributed by atoms with Gasteiger partial charge in [0.25, 0.3) is 0 Å². The summed E-state index contributed by atoms with van der Waals surface area (Å²) in [6.45, 7) is 6.02. The Hall–Kier alpha value is -1.06. The lowest BCUT2D eigenvalue weighted by atomic mass is 9.78. The molecule has 2 heterocycles. The Balaban J connectivity index is 1.76. The van der Waals surface area contributed by atoms with Gasteiger partial charge in [0, 0.05) is 25.6 Å². The highest BCUT2D eigenvalue weighted by atomic mass is 16.2. The van der Waals surface area contributed by atoms with Gasteiger partial charge in [-0.1, -0.05) is 13.8 Å². The molecule has 0 aromatic carbocycles. The molecule has 0 radical (unpaired) electrons. The van der Waals surface area contributed by atoms with Crippen molar-refractivity contribution in [1.82, 2.24) is 9.80 Å². The van der Waals surface area contributed by atoms with Crippen molar-refractivity contribution in [3.63, 3.8) is 0 Å². The zero-order chi connectivity index (χ0) is 14.3. The first-order valence-corrected chi connectivity index (χ1v) is 8.18. The number of amides is 2. The molecule has 0 N–H and O–H groups in total. The Kier molecular flexibility index (Phi) is 3.74. The molecule has 3 fully saturated rings. The molecule has 0 aromatic heterocycles. The van der Waals surface area contributed by atoms with Crippen LogP contribution in [0.5, 0.6) is 0 Å². The van der Waals surface area contributed by atoms with Gasteiger partial charge in [-0.05, 0) is 43.9 Å². The van der Waals surface area contributed by atoms with Crippen LogP contribution in [0.4, 0.5) is 0 Å². The van der Waals surface area contributed by atoms with Crippen LogP contribution in [0.1, 0.15) is 52.4 Å². The highest BCUT2D eigenvalue weighted by Crippen LogP contribution is 2.34. The smallest absolute Gasteiger partial charge is 0.245 e. The quantitative estimate of drug-likeness (QED) is 0.736. The van der Waals surface area contributed by atoms with Crippen LogP contribution in [0, 0.1) is 11.8 Å². The van der Waals surface area contributed by atoms with Crippen molar-refractivity contribution in [3.8, 4) is 0 Å². The summed E-state index contributed by atoms with van der Waals surface area (Å²) in [5.41, 5.74) is 0. The zero-order valence-electron chi connectivity index (χ0n) is 12.7. The van der Waals surface area contributed by atoms with Gasteiger partial charge in [-0.3, -0.25) is 9.59 Å². The van der Waals surface area contributed by atoms with Gasteiger partial charge in [0.15, 0.2) is 0 Å². The lowest BCUT2D eigenvalue weighted by Crippen LogP contribution is -2.49. The fraction of sp³-hybridized carbons (Fsp3) is 0.875. The second kappa shape index (κ2) is 5.38. The highest BCUT2D eigenvalue weighted by Gasteiger charge is 2.42. The maximum atomic E-state index is 12.8. The van der Waals surface area contributed by atoms with Gasteiger partial charge >= 0.3 is 0 Å². The fourth-order valence-corrected chi connectivity index (χ4v) is 4.15. The predicted molar refractivity (Wildman–Crippen MR) is 77.0 cm³/mol. The first-order chi connectivity index (χ1) is 9.58. The van der Waals surface area contributed by atoms with Crippen LogP contribution < -0.4 is 0 Å². The molecule has 112 valence electrons. The van der Waals surface area contributed by atoms with Crippen molar-refractivity contribution in [2.24, 2.45) is 11.8 Å². The largest absolute Gasteiger partial charge is 0.337 e. The third-order valence-corrected chi connectivity index (χ3v) is 5.72. The van der Waals surface area contributed by atoms with E-state index in [-0.39, 0.29) is 17.9 Å². The van der Waals surface area contributed by atoms with Crippen molar-refractivity contribution in [1.29, 1.82) is 0 Å². The Morgan fingerprint density at radius 2 is 1.75 bits per heavy atom. The molecule has 2 amide bonds. The molecule has 2 aliphatic heterocycles. The number of nitrogens with zero attached hydrogens (tertiary/aromatic N) is 2. The highest BCUT2D eigenvalue weighted by molar-refractivity contribution is 5.90. The van der Waals surface area contributed by atoms with E-state index in [1.807, 2.05) is 4.90 Å². The van der Waals surface area contributed by atoms with E-state index in [4.69, 9.17) is 0 Å². The molecule has 20 heavy (non-hydrogen) atoms.